The summed E-state index contributed by atoms with van der Waals surface area (Å²) < 4.78 is 26.7. The second-order valence-corrected chi connectivity index (χ2v) is 9.38. The maximum Gasteiger partial charge on any atom is 0.311 e. The van der Waals surface area contributed by atoms with E-state index in [-0.39, 0.29) is 38.2 Å². The van der Waals surface area contributed by atoms with E-state index in [1.165, 1.54) is 17.7 Å². The number of ether oxygens (including phenoxy) is 2. The number of carbonyl (C=O) groups excluding carboxylic acids is 1. The van der Waals surface area contributed by atoms with Gasteiger partial charge in [-0.25, -0.2) is 9.37 Å². The third-order valence-electron chi connectivity index (χ3n) is 6.24. The number of aromatic nitrogens is 2. The molecule has 0 spiro atoms. The van der Waals surface area contributed by atoms with Crippen molar-refractivity contribution in [1.29, 1.82) is 0 Å². The van der Waals surface area contributed by atoms with Crippen LogP contribution in [0.15, 0.2) is 42.6 Å². The lowest BCUT2D eigenvalue weighted by Gasteiger charge is -2.28. The third-order valence-corrected chi connectivity index (χ3v) is 6.24. The van der Waals surface area contributed by atoms with Gasteiger partial charge < -0.3 is 24.0 Å². The van der Waals surface area contributed by atoms with E-state index >= 15 is 0 Å². The van der Waals surface area contributed by atoms with Gasteiger partial charge in [0, 0.05) is 30.4 Å². The minimum absolute atomic E-state index is 0.0679. The van der Waals surface area contributed by atoms with E-state index in [2.05, 4.69) is 9.55 Å². The molecule has 0 fully saturated rings. The Morgan fingerprint density at radius 3 is 2.74 bits per heavy atom. The second-order valence-electron chi connectivity index (χ2n) is 9.38. The second kappa shape index (κ2) is 10.5. The van der Waals surface area contributed by atoms with Crippen LogP contribution in [0.4, 0.5) is 4.39 Å². The number of nitrogens with zero attached hydrogens (tertiary/aromatic N) is 3. The topological polar surface area (TPSA) is 93.9 Å². The predicted octanol–water partition coefficient (Wildman–Crippen LogP) is 3.25. The zero-order valence-electron chi connectivity index (χ0n) is 20.0. The first-order valence-corrected chi connectivity index (χ1v) is 11.6. The zero-order valence-corrected chi connectivity index (χ0v) is 20.0. The van der Waals surface area contributed by atoms with E-state index in [9.17, 15) is 14.0 Å². The molecule has 3 aromatic rings. The Hall–Kier alpha value is -3.30. The number of pyridine rings is 1. The van der Waals surface area contributed by atoms with Crippen molar-refractivity contribution in [3.05, 3.63) is 65.2 Å². The summed E-state index contributed by atoms with van der Waals surface area (Å²) in [6, 6.07) is 10.4. The van der Waals surface area contributed by atoms with Crippen LogP contribution in [-0.2, 0) is 38.6 Å². The molecular weight excluding hydrogens is 453 g/mol. The van der Waals surface area contributed by atoms with Crippen LogP contribution < -0.4 is 0 Å². The molecule has 4 rings (SSSR count). The molecule has 35 heavy (non-hydrogen) atoms. The number of carboxylic acid groups (broad SMARTS) is 1. The number of aliphatic carboxylic acids is 1. The molecule has 0 unspecified atom stereocenters. The molecule has 3 heterocycles. The van der Waals surface area contributed by atoms with Crippen LogP contribution in [-0.4, -0.2) is 64.4 Å². The molecule has 1 aliphatic rings. The van der Waals surface area contributed by atoms with Crippen LogP contribution in [0.2, 0.25) is 0 Å². The van der Waals surface area contributed by atoms with Crippen LogP contribution in [0.3, 0.4) is 0 Å². The van der Waals surface area contributed by atoms with Gasteiger partial charge in [-0.1, -0.05) is 12.1 Å². The van der Waals surface area contributed by atoms with E-state index in [0.717, 1.165) is 22.3 Å². The van der Waals surface area contributed by atoms with Gasteiger partial charge in [0.15, 0.2) is 0 Å². The van der Waals surface area contributed by atoms with Gasteiger partial charge in [-0.15, -0.1) is 0 Å². The van der Waals surface area contributed by atoms with E-state index in [4.69, 9.17) is 14.6 Å². The lowest BCUT2D eigenvalue weighted by Crippen LogP contribution is -2.39. The molecule has 1 aliphatic heterocycles. The number of carbonyl (C=O) groups is 2. The minimum atomic E-state index is -0.972. The molecule has 2 aromatic heterocycles. The molecule has 0 bridgehead atoms. The Morgan fingerprint density at radius 2 is 1.97 bits per heavy atom. The first kappa shape index (κ1) is 24.8. The van der Waals surface area contributed by atoms with Crippen molar-refractivity contribution in [2.75, 3.05) is 33.0 Å². The first-order chi connectivity index (χ1) is 16.8. The lowest BCUT2D eigenvalue weighted by atomic mass is 9.95. The minimum Gasteiger partial charge on any atom is -0.481 e. The van der Waals surface area contributed by atoms with Crippen molar-refractivity contribution >= 4 is 22.9 Å². The molecule has 0 atom stereocenters. The number of fused-ring (bicyclic) bond motifs is 3. The first-order valence-electron chi connectivity index (χ1n) is 11.6. The van der Waals surface area contributed by atoms with Crippen molar-refractivity contribution < 1.29 is 28.6 Å². The van der Waals surface area contributed by atoms with E-state index in [1.807, 2.05) is 18.2 Å². The van der Waals surface area contributed by atoms with Crippen molar-refractivity contribution in [2.24, 2.45) is 5.41 Å². The highest BCUT2D eigenvalue weighted by molar-refractivity contribution is 5.84. The summed E-state index contributed by atoms with van der Waals surface area (Å²) in [6.07, 6.45) is 2.44. The standard InChI is InChI=1S/C26H30FN3O5/c1-26(2,25(32)33)17-35-12-11-34-16-23(31)29-10-8-20-21-7-4-9-28-24(21)30(22(20)15-29)14-18-5-3-6-19(27)13-18/h3-7,9,13H,8,10-12,14-17H2,1-2H3,(H,32,33). The maximum atomic E-state index is 13.8. The van der Waals surface area contributed by atoms with Crippen molar-refractivity contribution in [1.82, 2.24) is 14.5 Å². The van der Waals surface area contributed by atoms with Crippen molar-refractivity contribution in [3.8, 4) is 0 Å². The van der Waals surface area contributed by atoms with Gasteiger partial charge in [-0.3, -0.25) is 9.59 Å². The smallest absolute Gasteiger partial charge is 0.311 e. The summed E-state index contributed by atoms with van der Waals surface area (Å²) in [7, 11) is 0. The van der Waals surface area contributed by atoms with E-state index in [1.54, 1.807) is 31.0 Å². The Morgan fingerprint density at radius 1 is 1.17 bits per heavy atom. The van der Waals surface area contributed by atoms with Gasteiger partial charge in [0.25, 0.3) is 0 Å². The Balaban J connectivity index is 1.39. The number of hydrogen-bond acceptors (Lipinski definition) is 5. The van der Waals surface area contributed by atoms with E-state index in [0.29, 0.717) is 26.1 Å². The van der Waals surface area contributed by atoms with Crippen LogP contribution in [0, 0.1) is 11.2 Å². The summed E-state index contributed by atoms with van der Waals surface area (Å²) in [4.78, 5) is 30.3. The fourth-order valence-corrected chi connectivity index (χ4v) is 4.22. The molecule has 1 aromatic carbocycles. The van der Waals surface area contributed by atoms with Crippen LogP contribution >= 0.6 is 0 Å². The number of rotatable bonds is 10. The molecule has 1 amide bonds. The summed E-state index contributed by atoms with van der Waals surface area (Å²) in [5, 5.41) is 10.2. The maximum absolute atomic E-state index is 13.8. The van der Waals surface area contributed by atoms with Crippen LogP contribution in [0.5, 0.6) is 0 Å². The van der Waals surface area contributed by atoms with Crippen LogP contribution in [0.25, 0.3) is 11.0 Å². The van der Waals surface area contributed by atoms with Gasteiger partial charge in [-0.2, -0.15) is 0 Å². The van der Waals surface area contributed by atoms with Gasteiger partial charge in [0.1, 0.15) is 18.1 Å². The molecule has 0 aliphatic carbocycles. The van der Waals surface area contributed by atoms with Gasteiger partial charge in [0.05, 0.1) is 31.8 Å². The zero-order chi connectivity index (χ0) is 25.0. The van der Waals surface area contributed by atoms with Gasteiger partial charge in [-0.05, 0) is 55.7 Å². The molecule has 186 valence electrons. The number of hydrogen-bond donors (Lipinski definition) is 1. The summed E-state index contributed by atoms with van der Waals surface area (Å²) in [6.45, 7) is 5.04. The number of benzene rings is 1. The average Bonchev–Trinajstić information content (AvgIpc) is 3.14. The molecule has 0 saturated heterocycles. The Labute approximate surface area is 203 Å². The highest BCUT2D eigenvalue weighted by Crippen LogP contribution is 2.30. The lowest BCUT2D eigenvalue weighted by molar-refractivity contribution is -0.150. The molecule has 1 N–H and O–H groups in total. The predicted molar refractivity (Wildman–Crippen MR) is 127 cm³/mol. The number of halogens is 1. The summed E-state index contributed by atoms with van der Waals surface area (Å²) >= 11 is 0. The molecule has 0 saturated carbocycles. The highest BCUT2D eigenvalue weighted by atomic mass is 19.1. The van der Waals surface area contributed by atoms with Crippen molar-refractivity contribution in [2.45, 2.75) is 33.4 Å². The number of carboxylic acids is 1. The monoisotopic (exact) mass is 483 g/mol. The quantitative estimate of drug-likeness (QED) is 0.445. The molecular formula is C26H30FN3O5. The van der Waals surface area contributed by atoms with Crippen molar-refractivity contribution in [3.63, 3.8) is 0 Å². The normalized spacial score (nSPS) is 13.7. The third kappa shape index (κ3) is 5.68. The highest BCUT2D eigenvalue weighted by Gasteiger charge is 2.28. The van der Waals surface area contributed by atoms with Gasteiger partial charge in [0.2, 0.25) is 5.91 Å². The average molecular weight is 484 g/mol. The van der Waals surface area contributed by atoms with Crippen LogP contribution in [0.1, 0.15) is 30.7 Å². The molecule has 9 heteroatoms. The van der Waals surface area contributed by atoms with E-state index < -0.39 is 11.4 Å². The Kier molecular flexibility index (Phi) is 7.47. The number of amides is 1. The SMILES string of the molecule is CC(C)(COCCOCC(=O)N1CCc2c(n(Cc3cccc(F)c3)c3ncccc23)C1)C(=O)O. The summed E-state index contributed by atoms with van der Waals surface area (Å²) in [5.41, 5.74) is 2.85. The summed E-state index contributed by atoms with van der Waals surface area (Å²) in [5.74, 6) is -1.34. The van der Waals surface area contributed by atoms with Gasteiger partial charge >= 0.3 is 5.97 Å². The Bertz CT molecular complexity index is 1220. The fourth-order valence-electron chi connectivity index (χ4n) is 4.22. The largest absolute Gasteiger partial charge is 0.481 e. The molecule has 8 nitrogen and oxygen atoms in total. The fraction of sp³-hybridized carbons (Fsp3) is 0.423. The molecule has 0 radical (unpaired) electrons.